The van der Waals surface area contributed by atoms with Gasteiger partial charge in [0.1, 0.15) is 5.75 Å². The maximum absolute atomic E-state index is 13.8. The lowest BCUT2D eigenvalue weighted by Gasteiger charge is -2.37. The van der Waals surface area contributed by atoms with Gasteiger partial charge in [0.05, 0.1) is 25.4 Å². The van der Waals surface area contributed by atoms with Crippen LogP contribution in [0.5, 0.6) is 17.2 Å². The van der Waals surface area contributed by atoms with Crippen molar-refractivity contribution in [2.45, 2.75) is 64.9 Å². The molecule has 1 heterocycles. The minimum atomic E-state index is -0.628. The minimum Gasteiger partial charge on any atom is -0.504 e. The fourth-order valence-electron chi connectivity index (χ4n) is 5.07. The maximum Gasteiger partial charge on any atom is 0.337 e. The second-order valence-corrected chi connectivity index (χ2v) is 9.57. The largest absolute Gasteiger partial charge is 0.504 e. The number of methoxy groups -OCH3 is 1. The number of phenols is 1. The van der Waals surface area contributed by atoms with Crippen molar-refractivity contribution in [2.75, 3.05) is 13.7 Å². The van der Waals surface area contributed by atoms with Crippen LogP contribution in [0.1, 0.15) is 69.9 Å². The highest BCUT2D eigenvalue weighted by Gasteiger charge is 2.42. The van der Waals surface area contributed by atoms with Gasteiger partial charge in [-0.2, -0.15) is 0 Å². The van der Waals surface area contributed by atoms with E-state index in [4.69, 9.17) is 14.2 Å². The number of ketones is 1. The maximum atomic E-state index is 13.8. The Morgan fingerprint density at radius 3 is 2.46 bits per heavy atom. The van der Waals surface area contributed by atoms with Crippen molar-refractivity contribution in [3.8, 4) is 17.2 Å². The highest BCUT2D eigenvalue weighted by Crippen LogP contribution is 2.47. The number of phenolic OH excluding ortho intramolecular Hbond substituents is 1. The fraction of sp³-hybridized carbons (Fsp3) is 0.400. The molecule has 0 fully saturated rings. The standard InChI is InChI=1S/C30H35NO6/c1-6-17(3)37-30(34)27-18(4)31-23-14-21(19-8-11-22(35-5)12-9-19)15-25(33)29(23)28(27)20-10-13-24(32)26(16-20)36-7-2/h8-13,16-17,21,28,31-32H,6-7,14-15H2,1-5H3/t17-,21-,28+/m1/s1. The number of carbonyl (C=O) groups excluding carboxylic acids is 2. The molecule has 0 bridgehead atoms. The highest BCUT2D eigenvalue weighted by molar-refractivity contribution is 6.04. The first kappa shape index (κ1) is 26.3. The summed E-state index contributed by atoms with van der Waals surface area (Å²) in [4.78, 5) is 27.2. The molecule has 3 atom stereocenters. The molecule has 1 aliphatic carbocycles. The highest BCUT2D eigenvalue weighted by atomic mass is 16.5. The van der Waals surface area contributed by atoms with Crippen LogP contribution in [0.4, 0.5) is 0 Å². The third-order valence-corrected chi connectivity index (χ3v) is 7.13. The first-order valence-corrected chi connectivity index (χ1v) is 12.8. The lowest BCUT2D eigenvalue weighted by Crippen LogP contribution is -2.36. The Balaban J connectivity index is 1.79. The van der Waals surface area contributed by atoms with Crippen LogP contribution in [0, 0.1) is 0 Å². The summed E-state index contributed by atoms with van der Waals surface area (Å²) in [7, 11) is 1.63. The fourth-order valence-corrected chi connectivity index (χ4v) is 5.07. The van der Waals surface area contributed by atoms with E-state index in [1.54, 1.807) is 25.3 Å². The predicted octanol–water partition coefficient (Wildman–Crippen LogP) is 5.50. The Kier molecular flexibility index (Phi) is 7.91. The Morgan fingerprint density at radius 1 is 1.11 bits per heavy atom. The van der Waals surface area contributed by atoms with Crippen LogP contribution in [0.25, 0.3) is 0 Å². The summed E-state index contributed by atoms with van der Waals surface area (Å²) in [6, 6.07) is 12.8. The Hall–Kier alpha value is -3.74. The van der Waals surface area contributed by atoms with Gasteiger partial charge in [-0.15, -0.1) is 0 Å². The molecule has 0 amide bonds. The predicted molar refractivity (Wildman–Crippen MR) is 141 cm³/mol. The molecule has 0 radical (unpaired) electrons. The van der Waals surface area contributed by atoms with Crippen LogP contribution in [-0.2, 0) is 14.3 Å². The molecule has 0 saturated heterocycles. The summed E-state index contributed by atoms with van der Waals surface area (Å²) in [5.41, 5.74) is 4.20. The number of ether oxygens (including phenoxy) is 3. The van der Waals surface area contributed by atoms with Gasteiger partial charge in [-0.05, 0) is 74.9 Å². The topological polar surface area (TPSA) is 94.1 Å². The van der Waals surface area contributed by atoms with E-state index in [1.165, 1.54) is 0 Å². The van der Waals surface area contributed by atoms with E-state index < -0.39 is 11.9 Å². The first-order chi connectivity index (χ1) is 17.8. The summed E-state index contributed by atoms with van der Waals surface area (Å²) in [6.07, 6.45) is 1.38. The number of dihydropyridines is 1. The van der Waals surface area contributed by atoms with Crippen LogP contribution in [0.3, 0.4) is 0 Å². The second kappa shape index (κ2) is 11.1. The summed E-state index contributed by atoms with van der Waals surface area (Å²) in [5.74, 6) is -0.0104. The molecule has 0 unspecified atom stereocenters. The van der Waals surface area contributed by atoms with Gasteiger partial charge in [-0.3, -0.25) is 4.79 Å². The zero-order valence-corrected chi connectivity index (χ0v) is 22.1. The SMILES string of the molecule is CCOc1cc([C@H]2C(C(=O)O[C@H](C)CC)=C(C)NC3=C2C(=O)C[C@H](c2ccc(OC)cc2)C3)ccc1O. The number of hydrogen-bond acceptors (Lipinski definition) is 7. The summed E-state index contributed by atoms with van der Waals surface area (Å²) < 4.78 is 16.6. The molecule has 196 valence electrons. The Bertz CT molecular complexity index is 1240. The van der Waals surface area contributed by atoms with Gasteiger partial charge >= 0.3 is 5.97 Å². The molecular weight excluding hydrogens is 470 g/mol. The van der Waals surface area contributed by atoms with Crippen molar-refractivity contribution in [1.29, 1.82) is 0 Å². The summed E-state index contributed by atoms with van der Waals surface area (Å²) in [6.45, 7) is 7.85. The number of aromatic hydroxyl groups is 1. The zero-order valence-electron chi connectivity index (χ0n) is 22.1. The van der Waals surface area contributed by atoms with Crippen LogP contribution in [0.2, 0.25) is 0 Å². The summed E-state index contributed by atoms with van der Waals surface area (Å²) in [5, 5.41) is 13.7. The lowest BCUT2D eigenvalue weighted by atomic mass is 9.71. The van der Waals surface area contributed by atoms with Crippen molar-refractivity contribution in [3.05, 3.63) is 76.1 Å². The molecule has 37 heavy (non-hydrogen) atoms. The first-order valence-electron chi connectivity index (χ1n) is 12.8. The molecule has 2 N–H and O–H groups in total. The smallest absolute Gasteiger partial charge is 0.337 e. The van der Waals surface area contributed by atoms with Crippen LogP contribution < -0.4 is 14.8 Å². The molecule has 0 aromatic heterocycles. The molecule has 7 nitrogen and oxygen atoms in total. The van der Waals surface area contributed by atoms with Gasteiger partial charge in [-0.25, -0.2) is 4.79 Å². The molecule has 2 aliphatic rings. The van der Waals surface area contributed by atoms with Gasteiger partial charge in [0.15, 0.2) is 17.3 Å². The summed E-state index contributed by atoms with van der Waals surface area (Å²) >= 11 is 0. The van der Waals surface area contributed by atoms with Gasteiger partial charge < -0.3 is 24.6 Å². The number of nitrogens with one attached hydrogen (secondary N) is 1. The number of carbonyl (C=O) groups is 2. The number of hydrogen-bond donors (Lipinski definition) is 2. The molecule has 7 heteroatoms. The Labute approximate surface area is 218 Å². The quantitative estimate of drug-likeness (QED) is 0.457. The van der Waals surface area contributed by atoms with Crippen molar-refractivity contribution >= 4 is 11.8 Å². The minimum absolute atomic E-state index is 0.00512. The molecule has 2 aromatic rings. The van der Waals surface area contributed by atoms with Gasteiger partial charge in [-0.1, -0.05) is 25.1 Å². The van der Waals surface area contributed by atoms with E-state index in [9.17, 15) is 14.7 Å². The van der Waals surface area contributed by atoms with Crippen LogP contribution in [-0.4, -0.2) is 36.7 Å². The number of rotatable bonds is 8. The number of esters is 1. The molecule has 0 spiro atoms. The van der Waals surface area contributed by atoms with E-state index in [2.05, 4.69) is 5.32 Å². The van der Waals surface area contributed by atoms with E-state index >= 15 is 0 Å². The molecular formula is C30H35NO6. The molecule has 2 aromatic carbocycles. The van der Waals surface area contributed by atoms with Gasteiger partial charge in [0, 0.05) is 29.3 Å². The lowest BCUT2D eigenvalue weighted by molar-refractivity contribution is -0.144. The molecule has 1 aliphatic heterocycles. The van der Waals surface area contributed by atoms with Crippen molar-refractivity contribution < 1.29 is 28.9 Å². The van der Waals surface area contributed by atoms with E-state index in [0.29, 0.717) is 54.0 Å². The third-order valence-electron chi connectivity index (χ3n) is 7.13. The average molecular weight is 506 g/mol. The van der Waals surface area contributed by atoms with E-state index in [-0.39, 0.29) is 23.6 Å². The number of allylic oxidation sites excluding steroid dienone is 3. The van der Waals surface area contributed by atoms with Crippen molar-refractivity contribution in [1.82, 2.24) is 5.32 Å². The normalized spacial score (nSPS) is 20.2. The third kappa shape index (κ3) is 5.36. The van der Waals surface area contributed by atoms with Gasteiger partial charge in [0.25, 0.3) is 0 Å². The van der Waals surface area contributed by atoms with Crippen LogP contribution in [0.15, 0.2) is 65.0 Å². The molecule has 4 rings (SSSR count). The number of Topliss-reactive ketones (excluding diaryl/α,β-unsaturated/α-hetero) is 1. The monoisotopic (exact) mass is 505 g/mol. The Morgan fingerprint density at radius 2 is 1.81 bits per heavy atom. The van der Waals surface area contributed by atoms with Crippen molar-refractivity contribution in [3.63, 3.8) is 0 Å². The molecule has 0 saturated carbocycles. The van der Waals surface area contributed by atoms with Crippen LogP contribution >= 0.6 is 0 Å². The van der Waals surface area contributed by atoms with Gasteiger partial charge in [0.2, 0.25) is 0 Å². The second-order valence-electron chi connectivity index (χ2n) is 9.57. The number of benzene rings is 2. The average Bonchev–Trinajstić information content (AvgIpc) is 2.89. The van der Waals surface area contributed by atoms with Crippen molar-refractivity contribution in [2.24, 2.45) is 0 Å². The van der Waals surface area contributed by atoms with E-state index in [0.717, 1.165) is 17.0 Å². The zero-order chi connectivity index (χ0) is 26.7. The van der Waals surface area contributed by atoms with E-state index in [1.807, 2.05) is 52.0 Å².